The Bertz CT molecular complexity index is 217. The highest BCUT2D eigenvalue weighted by Crippen LogP contribution is 2.23. The average Bonchev–Trinajstić information content (AvgIpc) is 2.96. The van der Waals surface area contributed by atoms with E-state index in [1.165, 1.54) is 25.9 Å². The Labute approximate surface area is 108 Å². The predicted molar refractivity (Wildman–Crippen MR) is 76.4 cm³/mol. The molecule has 0 unspecified atom stereocenters. The summed E-state index contributed by atoms with van der Waals surface area (Å²) >= 11 is 0. The molecule has 1 aliphatic carbocycles. The SMILES string of the molecule is CC(C)CN(CC(C)(C)CNC1CC1)C(C)C. The highest BCUT2D eigenvalue weighted by Gasteiger charge is 2.27. The van der Waals surface area contributed by atoms with Gasteiger partial charge in [-0.05, 0) is 38.0 Å². The Hall–Kier alpha value is -0.0800. The Morgan fingerprint density at radius 1 is 1.18 bits per heavy atom. The van der Waals surface area contributed by atoms with Crippen LogP contribution in [0.3, 0.4) is 0 Å². The molecule has 1 fully saturated rings. The molecule has 0 bridgehead atoms. The number of hydrogen-bond acceptors (Lipinski definition) is 2. The average molecular weight is 240 g/mol. The maximum Gasteiger partial charge on any atom is 0.00684 e. The molecule has 0 aliphatic heterocycles. The molecular weight excluding hydrogens is 208 g/mol. The lowest BCUT2D eigenvalue weighted by Gasteiger charge is -2.36. The van der Waals surface area contributed by atoms with Gasteiger partial charge in [0.05, 0.1) is 0 Å². The smallest absolute Gasteiger partial charge is 0.00684 e. The van der Waals surface area contributed by atoms with E-state index in [4.69, 9.17) is 0 Å². The van der Waals surface area contributed by atoms with Crippen molar-refractivity contribution >= 4 is 0 Å². The van der Waals surface area contributed by atoms with E-state index in [0.717, 1.165) is 18.5 Å². The normalized spacial score (nSPS) is 17.5. The van der Waals surface area contributed by atoms with E-state index in [-0.39, 0.29) is 0 Å². The van der Waals surface area contributed by atoms with Gasteiger partial charge in [0.25, 0.3) is 0 Å². The summed E-state index contributed by atoms with van der Waals surface area (Å²) in [7, 11) is 0. The maximum atomic E-state index is 3.67. The van der Waals surface area contributed by atoms with Crippen molar-refractivity contribution in [3.8, 4) is 0 Å². The van der Waals surface area contributed by atoms with E-state index in [0.29, 0.717) is 11.5 Å². The van der Waals surface area contributed by atoms with Gasteiger partial charge in [-0.1, -0.05) is 27.7 Å². The lowest BCUT2D eigenvalue weighted by molar-refractivity contribution is 0.128. The summed E-state index contributed by atoms with van der Waals surface area (Å²) in [5.74, 6) is 0.754. The van der Waals surface area contributed by atoms with Crippen LogP contribution in [0.25, 0.3) is 0 Å². The molecule has 102 valence electrons. The van der Waals surface area contributed by atoms with Crippen LogP contribution >= 0.6 is 0 Å². The van der Waals surface area contributed by atoms with Gasteiger partial charge in [0.15, 0.2) is 0 Å². The largest absolute Gasteiger partial charge is 0.313 e. The third kappa shape index (κ3) is 6.42. The van der Waals surface area contributed by atoms with Crippen molar-refractivity contribution in [1.82, 2.24) is 10.2 Å². The van der Waals surface area contributed by atoms with Crippen LogP contribution in [0.2, 0.25) is 0 Å². The quantitative estimate of drug-likeness (QED) is 0.701. The molecular formula is C15H32N2. The van der Waals surface area contributed by atoms with E-state index in [1.807, 2.05) is 0 Å². The zero-order chi connectivity index (χ0) is 13.1. The third-order valence-electron chi connectivity index (χ3n) is 3.41. The second-order valence-electron chi connectivity index (χ2n) is 7.24. The van der Waals surface area contributed by atoms with Crippen molar-refractivity contribution in [1.29, 1.82) is 0 Å². The molecule has 0 amide bonds. The molecule has 0 aromatic heterocycles. The highest BCUT2D eigenvalue weighted by molar-refractivity contribution is 4.85. The summed E-state index contributed by atoms with van der Waals surface area (Å²) < 4.78 is 0. The summed E-state index contributed by atoms with van der Waals surface area (Å²) in [6.45, 7) is 17.6. The van der Waals surface area contributed by atoms with Gasteiger partial charge >= 0.3 is 0 Å². The van der Waals surface area contributed by atoms with Crippen molar-refractivity contribution < 1.29 is 0 Å². The van der Waals surface area contributed by atoms with Gasteiger partial charge in [0.1, 0.15) is 0 Å². The van der Waals surface area contributed by atoms with Crippen LogP contribution in [0.4, 0.5) is 0 Å². The Morgan fingerprint density at radius 3 is 2.18 bits per heavy atom. The number of rotatable bonds is 8. The highest BCUT2D eigenvalue weighted by atomic mass is 15.2. The van der Waals surface area contributed by atoms with Crippen LogP contribution in [0, 0.1) is 11.3 Å². The molecule has 1 saturated carbocycles. The van der Waals surface area contributed by atoms with Crippen LogP contribution in [0.1, 0.15) is 54.4 Å². The topological polar surface area (TPSA) is 15.3 Å². The number of nitrogens with one attached hydrogen (secondary N) is 1. The van der Waals surface area contributed by atoms with Crippen LogP contribution in [-0.4, -0.2) is 36.6 Å². The zero-order valence-electron chi connectivity index (χ0n) is 12.7. The van der Waals surface area contributed by atoms with Crippen molar-refractivity contribution in [2.45, 2.75) is 66.5 Å². The molecule has 0 aromatic carbocycles. The minimum absolute atomic E-state index is 0.377. The van der Waals surface area contributed by atoms with Gasteiger partial charge in [0.2, 0.25) is 0 Å². The number of nitrogens with zero attached hydrogens (tertiary/aromatic N) is 1. The van der Waals surface area contributed by atoms with Crippen molar-refractivity contribution in [2.24, 2.45) is 11.3 Å². The Kier molecular flexibility index (Phi) is 5.46. The van der Waals surface area contributed by atoms with E-state index in [2.05, 4.69) is 51.8 Å². The van der Waals surface area contributed by atoms with Crippen molar-refractivity contribution in [3.05, 3.63) is 0 Å². The summed E-state index contributed by atoms with van der Waals surface area (Å²) in [6.07, 6.45) is 2.77. The molecule has 0 saturated heterocycles. The first-order valence-corrected chi connectivity index (χ1v) is 7.27. The third-order valence-corrected chi connectivity index (χ3v) is 3.41. The molecule has 2 nitrogen and oxygen atoms in total. The Morgan fingerprint density at radius 2 is 1.76 bits per heavy atom. The predicted octanol–water partition coefficient (Wildman–Crippen LogP) is 3.13. The molecule has 1 N–H and O–H groups in total. The maximum absolute atomic E-state index is 3.67. The second kappa shape index (κ2) is 6.19. The monoisotopic (exact) mass is 240 g/mol. The van der Waals surface area contributed by atoms with E-state index in [1.54, 1.807) is 0 Å². The van der Waals surface area contributed by atoms with Gasteiger partial charge in [-0.15, -0.1) is 0 Å². The Balaban J connectivity index is 2.38. The molecule has 17 heavy (non-hydrogen) atoms. The molecule has 2 heteroatoms. The van der Waals surface area contributed by atoms with Crippen LogP contribution in [-0.2, 0) is 0 Å². The van der Waals surface area contributed by atoms with Gasteiger partial charge in [0, 0.05) is 31.7 Å². The van der Waals surface area contributed by atoms with E-state index < -0.39 is 0 Å². The summed E-state index contributed by atoms with van der Waals surface area (Å²) in [5.41, 5.74) is 0.377. The van der Waals surface area contributed by atoms with Gasteiger partial charge < -0.3 is 10.2 Å². The number of hydrogen-bond donors (Lipinski definition) is 1. The molecule has 1 aliphatic rings. The molecule has 1 rings (SSSR count). The van der Waals surface area contributed by atoms with Crippen molar-refractivity contribution in [3.63, 3.8) is 0 Å². The van der Waals surface area contributed by atoms with Crippen LogP contribution in [0.15, 0.2) is 0 Å². The fourth-order valence-electron chi connectivity index (χ4n) is 2.24. The fourth-order valence-corrected chi connectivity index (χ4v) is 2.24. The minimum Gasteiger partial charge on any atom is -0.313 e. The molecule has 0 aromatic rings. The van der Waals surface area contributed by atoms with Gasteiger partial charge in [-0.2, -0.15) is 0 Å². The van der Waals surface area contributed by atoms with E-state index in [9.17, 15) is 0 Å². The zero-order valence-corrected chi connectivity index (χ0v) is 12.7. The molecule has 0 atom stereocenters. The first-order chi connectivity index (χ1) is 7.80. The molecule has 0 radical (unpaired) electrons. The fraction of sp³-hybridized carbons (Fsp3) is 1.00. The molecule has 0 spiro atoms. The van der Waals surface area contributed by atoms with Gasteiger partial charge in [-0.3, -0.25) is 0 Å². The first-order valence-electron chi connectivity index (χ1n) is 7.27. The van der Waals surface area contributed by atoms with Crippen molar-refractivity contribution in [2.75, 3.05) is 19.6 Å². The lowest BCUT2D eigenvalue weighted by atomic mass is 9.91. The van der Waals surface area contributed by atoms with Crippen LogP contribution < -0.4 is 5.32 Å². The summed E-state index contributed by atoms with van der Waals surface area (Å²) in [5, 5.41) is 3.67. The molecule has 0 heterocycles. The van der Waals surface area contributed by atoms with E-state index >= 15 is 0 Å². The standard InChI is InChI=1S/C15H32N2/c1-12(2)9-17(13(3)4)11-15(5,6)10-16-14-7-8-14/h12-14,16H,7-11H2,1-6H3. The summed E-state index contributed by atoms with van der Waals surface area (Å²) in [6, 6.07) is 1.48. The first kappa shape index (κ1) is 15.0. The minimum atomic E-state index is 0.377. The second-order valence-corrected chi connectivity index (χ2v) is 7.24. The van der Waals surface area contributed by atoms with Gasteiger partial charge in [-0.25, -0.2) is 0 Å². The lowest BCUT2D eigenvalue weighted by Crippen LogP contribution is -2.45. The van der Waals surface area contributed by atoms with Crippen LogP contribution in [0.5, 0.6) is 0 Å². The summed E-state index contributed by atoms with van der Waals surface area (Å²) in [4.78, 5) is 2.62.